The summed E-state index contributed by atoms with van der Waals surface area (Å²) >= 11 is 1.67. The molecular formula is C29H35N3O4S. The molecule has 2 aromatic heterocycles. The van der Waals surface area contributed by atoms with Gasteiger partial charge in [0.05, 0.1) is 18.9 Å². The second kappa shape index (κ2) is 10.2. The van der Waals surface area contributed by atoms with Gasteiger partial charge in [0, 0.05) is 55.7 Å². The molecule has 8 heteroatoms. The number of likely N-dealkylation sites (N-methyl/N-ethyl adjacent to an activating group) is 1. The lowest BCUT2D eigenvalue weighted by Crippen LogP contribution is -2.50. The molecule has 3 aromatic rings. The second-order valence-corrected chi connectivity index (χ2v) is 11.1. The van der Waals surface area contributed by atoms with E-state index in [1.54, 1.807) is 25.4 Å². The van der Waals surface area contributed by atoms with Crippen LogP contribution in [0.3, 0.4) is 0 Å². The number of nitrogens with zero attached hydrogens (tertiary/aromatic N) is 3. The van der Waals surface area contributed by atoms with E-state index in [0.717, 1.165) is 53.3 Å². The number of piperidine rings is 1. The highest BCUT2D eigenvalue weighted by molar-refractivity contribution is 7.13. The smallest absolute Gasteiger partial charge is 0.270 e. The van der Waals surface area contributed by atoms with Crippen LogP contribution in [0.25, 0.3) is 21.7 Å². The first-order valence-corrected chi connectivity index (χ1v) is 13.8. The minimum absolute atomic E-state index is 0.00456. The topological polar surface area (TPSA) is 64.0 Å². The van der Waals surface area contributed by atoms with Crippen molar-refractivity contribution in [3.8, 4) is 33.2 Å². The van der Waals surface area contributed by atoms with Crippen LogP contribution in [0.2, 0.25) is 0 Å². The second-order valence-electron chi connectivity index (χ2n) is 10.2. The van der Waals surface area contributed by atoms with Crippen LogP contribution in [0.1, 0.15) is 49.7 Å². The summed E-state index contributed by atoms with van der Waals surface area (Å²) in [5.74, 6) is 1.50. The lowest BCUT2D eigenvalue weighted by atomic mass is 9.95. The lowest BCUT2D eigenvalue weighted by Gasteiger charge is -2.37. The van der Waals surface area contributed by atoms with Crippen LogP contribution in [0.5, 0.6) is 11.5 Å². The van der Waals surface area contributed by atoms with Crippen molar-refractivity contribution in [2.75, 3.05) is 27.2 Å². The van der Waals surface area contributed by atoms with Gasteiger partial charge in [0.2, 0.25) is 5.91 Å². The van der Waals surface area contributed by atoms with Gasteiger partial charge in [-0.05, 0) is 68.3 Å². The Morgan fingerprint density at radius 2 is 1.95 bits per heavy atom. The molecule has 2 aliphatic heterocycles. The van der Waals surface area contributed by atoms with Crippen molar-refractivity contribution >= 4 is 23.2 Å². The van der Waals surface area contributed by atoms with Crippen molar-refractivity contribution in [2.45, 2.75) is 58.7 Å². The van der Waals surface area contributed by atoms with Crippen LogP contribution < -0.4 is 9.47 Å². The Hall–Kier alpha value is -3.26. The monoisotopic (exact) mass is 521 g/mol. The summed E-state index contributed by atoms with van der Waals surface area (Å²) in [6.45, 7) is 7.66. The Labute approximate surface area is 222 Å². The van der Waals surface area contributed by atoms with Crippen molar-refractivity contribution in [3.05, 3.63) is 47.0 Å². The maximum absolute atomic E-state index is 14.0. The minimum atomic E-state index is -0.00456. The molecule has 1 aromatic carbocycles. The number of rotatable bonds is 6. The lowest BCUT2D eigenvalue weighted by molar-refractivity contribution is -0.130. The van der Waals surface area contributed by atoms with Gasteiger partial charge in [-0.15, -0.1) is 11.3 Å². The van der Waals surface area contributed by atoms with E-state index < -0.39 is 0 Å². The highest BCUT2D eigenvalue weighted by atomic mass is 32.1. The summed E-state index contributed by atoms with van der Waals surface area (Å²) in [7, 11) is 3.54. The van der Waals surface area contributed by atoms with Gasteiger partial charge in [0.15, 0.2) is 11.5 Å². The normalized spacial score (nSPS) is 16.8. The molecule has 0 bridgehead atoms. The summed E-state index contributed by atoms with van der Waals surface area (Å²) in [6, 6.07) is 10.4. The van der Waals surface area contributed by atoms with Crippen LogP contribution >= 0.6 is 11.3 Å². The first-order valence-electron chi connectivity index (χ1n) is 13.0. The van der Waals surface area contributed by atoms with Crippen LogP contribution in [-0.2, 0) is 17.8 Å². The number of carbonyl (C=O) groups excluding carboxylic acids is 2. The average Bonchev–Trinajstić information content (AvgIpc) is 3.55. The number of carbonyl (C=O) groups is 2. The van der Waals surface area contributed by atoms with E-state index in [0.29, 0.717) is 24.5 Å². The summed E-state index contributed by atoms with van der Waals surface area (Å²) in [6.07, 6.45) is 2.61. The van der Waals surface area contributed by atoms with Crippen molar-refractivity contribution in [1.29, 1.82) is 0 Å². The number of amides is 2. The van der Waals surface area contributed by atoms with Crippen LogP contribution in [0.15, 0.2) is 35.7 Å². The molecule has 196 valence electrons. The van der Waals surface area contributed by atoms with Crippen molar-refractivity contribution in [3.63, 3.8) is 0 Å². The quantitative estimate of drug-likeness (QED) is 0.441. The van der Waals surface area contributed by atoms with Gasteiger partial charge >= 0.3 is 0 Å². The number of hydrogen-bond acceptors (Lipinski definition) is 5. The molecule has 2 amide bonds. The van der Waals surface area contributed by atoms with Gasteiger partial charge in [-0.1, -0.05) is 6.07 Å². The Morgan fingerprint density at radius 1 is 1.14 bits per heavy atom. The number of benzene rings is 1. The third-order valence-corrected chi connectivity index (χ3v) is 8.33. The van der Waals surface area contributed by atoms with E-state index >= 15 is 0 Å². The zero-order valence-electron chi connectivity index (χ0n) is 22.2. The van der Waals surface area contributed by atoms with Crippen LogP contribution in [0.4, 0.5) is 0 Å². The highest BCUT2D eigenvalue weighted by Crippen LogP contribution is 2.45. The molecule has 5 rings (SSSR count). The molecule has 0 radical (unpaired) electrons. The zero-order chi connectivity index (χ0) is 26.3. The molecule has 4 heterocycles. The third kappa shape index (κ3) is 4.75. The number of aromatic nitrogens is 1. The minimum Gasteiger partial charge on any atom is -0.493 e. The number of likely N-dealkylation sites (tertiary alicyclic amines) is 1. The van der Waals surface area contributed by atoms with Gasteiger partial charge in [0.25, 0.3) is 5.91 Å². The standard InChI is InChI=1S/C29H35N3O4S/c1-18(2)36-26-16-22-20(14-25(26)35-5)10-12-32-24(15-23(28(22)32)27-9-7-13-37-27)29(34)30(4)21-8-6-11-31(17-21)19(3)33/h7,9,13-16,18,21H,6,8,10-12,17H2,1-5H3/t21-/m1/s1. The fourth-order valence-electron chi connectivity index (χ4n) is 5.54. The number of methoxy groups -OCH3 is 1. The van der Waals surface area contributed by atoms with E-state index in [1.807, 2.05) is 42.8 Å². The van der Waals surface area contributed by atoms with Crippen LogP contribution in [-0.4, -0.2) is 65.6 Å². The van der Waals surface area contributed by atoms with E-state index in [1.165, 1.54) is 5.56 Å². The fraction of sp³-hybridized carbons (Fsp3) is 0.448. The molecule has 7 nitrogen and oxygen atoms in total. The van der Waals surface area contributed by atoms with Gasteiger partial charge in [-0.3, -0.25) is 9.59 Å². The van der Waals surface area contributed by atoms with Crippen molar-refractivity contribution < 1.29 is 19.1 Å². The van der Waals surface area contributed by atoms with E-state index in [-0.39, 0.29) is 24.0 Å². The van der Waals surface area contributed by atoms with Crippen LogP contribution in [0, 0.1) is 0 Å². The summed E-state index contributed by atoms with van der Waals surface area (Å²) < 4.78 is 13.9. The van der Waals surface area contributed by atoms with Crippen molar-refractivity contribution in [2.24, 2.45) is 0 Å². The Balaban J connectivity index is 1.59. The number of thiophene rings is 1. The van der Waals surface area contributed by atoms with E-state index in [4.69, 9.17) is 9.47 Å². The summed E-state index contributed by atoms with van der Waals surface area (Å²) in [4.78, 5) is 30.8. The highest BCUT2D eigenvalue weighted by Gasteiger charge is 2.33. The number of fused-ring (bicyclic) bond motifs is 3. The van der Waals surface area contributed by atoms with E-state index in [9.17, 15) is 9.59 Å². The number of hydrogen-bond donors (Lipinski definition) is 0. The van der Waals surface area contributed by atoms with Gasteiger partial charge in [-0.2, -0.15) is 0 Å². The molecule has 37 heavy (non-hydrogen) atoms. The molecule has 0 aliphatic carbocycles. The molecule has 0 N–H and O–H groups in total. The Morgan fingerprint density at radius 3 is 2.62 bits per heavy atom. The summed E-state index contributed by atoms with van der Waals surface area (Å²) in [5, 5.41) is 2.07. The molecule has 1 atom stereocenters. The van der Waals surface area contributed by atoms with E-state index in [2.05, 4.69) is 28.1 Å². The molecule has 0 unspecified atom stereocenters. The maximum atomic E-state index is 14.0. The maximum Gasteiger partial charge on any atom is 0.270 e. The first-order chi connectivity index (χ1) is 17.8. The fourth-order valence-corrected chi connectivity index (χ4v) is 6.28. The SMILES string of the molecule is COc1cc2c(cc1OC(C)C)-c1c(-c3cccs3)cc(C(=O)N(C)[C@@H]3CCCN(C(C)=O)C3)n1CC2. The predicted octanol–water partition coefficient (Wildman–Crippen LogP) is 5.32. The van der Waals surface area contributed by atoms with Gasteiger partial charge in [0.1, 0.15) is 5.69 Å². The average molecular weight is 522 g/mol. The van der Waals surface area contributed by atoms with Gasteiger partial charge < -0.3 is 23.8 Å². The molecule has 1 saturated heterocycles. The van der Waals surface area contributed by atoms with Gasteiger partial charge in [-0.25, -0.2) is 0 Å². The van der Waals surface area contributed by atoms with Crippen molar-refractivity contribution in [1.82, 2.24) is 14.4 Å². The Kier molecular flexibility index (Phi) is 7.03. The molecule has 0 saturated carbocycles. The first kappa shape index (κ1) is 25.4. The third-order valence-electron chi connectivity index (χ3n) is 7.42. The molecule has 1 fully saturated rings. The summed E-state index contributed by atoms with van der Waals surface area (Å²) in [5.41, 5.74) is 5.06. The molecular weight excluding hydrogens is 486 g/mol. The Bertz CT molecular complexity index is 1310. The number of aryl methyl sites for hydroxylation is 1. The zero-order valence-corrected chi connectivity index (χ0v) is 23.1. The molecule has 2 aliphatic rings. The molecule has 0 spiro atoms. The number of ether oxygens (including phenoxy) is 2. The predicted molar refractivity (Wildman–Crippen MR) is 147 cm³/mol. The largest absolute Gasteiger partial charge is 0.493 e.